The summed E-state index contributed by atoms with van der Waals surface area (Å²) in [5.74, 6) is 0.951. The minimum absolute atomic E-state index is 0.890. The average Bonchev–Trinajstić information content (AvgIpc) is 2.81. The fourth-order valence-electron chi connectivity index (χ4n) is 2.03. The first-order chi connectivity index (χ1) is 9.15. The molecule has 0 aliphatic rings. The zero-order valence-electron chi connectivity index (χ0n) is 11.2. The molecule has 0 amide bonds. The number of anilines is 1. The van der Waals surface area contributed by atoms with Crippen molar-refractivity contribution >= 4 is 11.5 Å². The van der Waals surface area contributed by atoms with Gasteiger partial charge in [0.15, 0.2) is 0 Å². The molecule has 0 saturated heterocycles. The number of hydrogen-bond acceptors (Lipinski definition) is 4. The Morgan fingerprint density at radius 1 is 1.26 bits per heavy atom. The van der Waals surface area contributed by atoms with Crippen LogP contribution in [0.5, 0.6) is 0 Å². The predicted octanol–water partition coefficient (Wildman–Crippen LogP) is 2.17. The van der Waals surface area contributed by atoms with E-state index in [1.54, 1.807) is 12.5 Å². The summed E-state index contributed by atoms with van der Waals surface area (Å²) in [6.07, 6.45) is 7.34. The Labute approximate surface area is 111 Å². The summed E-state index contributed by atoms with van der Waals surface area (Å²) < 4.78 is 1.91. The normalized spacial score (nSPS) is 10.9. The Morgan fingerprint density at radius 3 is 2.79 bits per heavy atom. The Kier molecular flexibility index (Phi) is 2.67. The van der Waals surface area contributed by atoms with Crippen LogP contribution in [0, 0.1) is 6.92 Å². The van der Waals surface area contributed by atoms with E-state index in [0.717, 1.165) is 28.3 Å². The van der Waals surface area contributed by atoms with E-state index in [9.17, 15) is 0 Å². The molecule has 0 N–H and O–H groups in total. The fraction of sp³-hybridized carbons (Fsp3) is 0.214. The van der Waals surface area contributed by atoms with Crippen LogP contribution in [0.15, 0.2) is 37.1 Å². The van der Waals surface area contributed by atoms with Crippen LogP contribution in [0.3, 0.4) is 0 Å². The highest BCUT2D eigenvalue weighted by atomic mass is 15.1. The van der Waals surface area contributed by atoms with E-state index >= 15 is 0 Å². The second kappa shape index (κ2) is 4.35. The minimum Gasteiger partial charge on any atom is -0.363 e. The molecule has 3 aromatic heterocycles. The molecule has 3 heterocycles. The van der Waals surface area contributed by atoms with Crippen molar-refractivity contribution in [2.24, 2.45) is 0 Å². The van der Waals surface area contributed by atoms with Crippen LogP contribution in [0.4, 0.5) is 5.82 Å². The first-order valence-electron chi connectivity index (χ1n) is 6.08. The van der Waals surface area contributed by atoms with Crippen molar-refractivity contribution in [3.05, 3.63) is 42.6 Å². The lowest BCUT2D eigenvalue weighted by atomic mass is 10.1. The molecule has 0 aromatic carbocycles. The average molecular weight is 253 g/mol. The molecular weight excluding hydrogens is 238 g/mol. The van der Waals surface area contributed by atoms with E-state index in [0.29, 0.717) is 0 Å². The molecule has 0 fully saturated rings. The summed E-state index contributed by atoms with van der Waals surface area (Å²) in [6, 6.07) is 3.96. The van der Waals surface area contributed by atoms with Gasteiger partial charge in [-0.05, 0) is 24.6 Å². The number of nitrogens with zero attached hydrogens (tertiary/aromatic N) is 5. The molecule has 0 atom stereocenters. The molecule has 0 aliphatic carbocycles. The van der Waals surface area contributed by atoms with Gasteiger partial charge in [-0.2, -0.15) is 0 Å². The largest absolute Gasteiger partial charge is 0.363 e. The smallest absolute Gasteiger partial charge is 0.140 e. The number of aryl methyl sites for hydroxylation is 1. The highest BCUT2D eigenvalue weighted by molar-refractivity contribution is 5.66. The Balaban J connectivity index is 2.11. The molecule has 0 bridgehead atoms. The minimum atomic E-state index is 0.890. The molecule has 96 valence electrons. The van der Waals surface area contributed by atoms with Gasteiger partial charge < -0.3 is 4.90 Å². The van der Waals surface area contributed by atoms with Gasteiger partial charge in [-0.1, -0.05) is 0 Å². The fourth-order valence-corrected chi connectivity index (χ4v) is 2.03. The summed E-state index contributed by atoms with van der Waals surface area (Å²) >= 11 is 0. The standard InChI is InChI=1S/C14H15N5/c1-10-6-14(18(2)3)16-7-11(10)12-8-19-9-15-5-4-13(19)17-12/h4-9H,1-3H3. The summed E-state index contributed by atoms with van der Waals surface area (Å²) in [5, 5.41) is 0. The van der Waals surface area contributed by atoms with Gasteiger partial charge in [0.2, 0.25) is 0 Å². The quantitative estimate of drug-likeness (QED) is 0.702. The molecule has 0 unspecified atom stereocenters. The number of pyridine rings is 1. The van der Waals surface area contributed by atoms with Crippen molar-refractivity contribution in [3.8, 4) is 11.3 Å². The lowest BCUT2D eigenvalue weighted by Crippen LogP contribution is -2.10. The molecular formula is C14H15N5. The Morgan fingerprint density at radius 2 is 2.11 bits per heavy atom. The Hall–Kier alpha value is -2.43. The predicted molar refractivity (Wildman–Crippen MR) is 75.3 cm³/mol. The second-order valence-corrected chi connectivity index (χ2v) is 4.72. The van der Waals surface area contributed by atoms with Crippen molar-refractivity contribution < 1.29 is 0 Å². The maximum atomic E-state index is 4.59. The third-order valence-electron chi connectivity index (χ3n) is 3.09. The lowest BCUT2D eigenvalue weighted by Gasteiger charge is -2.12. The van der Waals surface area contributed by atoms with E-state index in [1.165, 1.54) is 0 Å². The maximum absolute atomic E-state index is 4.59. The van der Waals surface area contributed by atoms with Crippen LogP contribution < -0.4 is 4.90 Å². The van der Waals surface area contributed by atoms with E-state index in [-0.39, 0.29) is 0 Å². The number of imidazole rings is 1. The van der Waals surface area contributed by atoms with E-state index in [1.807, 2.05) is 41.9 Å². The zero-order chi connectivity index (χ0) is 13.4. The van der Waals surface area contributed by atoms with Gasteiger partial charge in [-0.3, -0.25) is 4.40 Å². The molecule has 0 spiro atoms. The van der Waals surface area contributed by atoms with Gasteiger partial charge in [0.05, 0.1) is 5.69 Å². The van der Waals surface area contributed by atoms with Crippen LogP contribution in [-0.4, -0.2) is 33.4 Å². The third kappa shape index (κ3) is 2.03. The van der Waals surface area contributed by atoms with Gasteiger partial charge in [0.1, 0.15) is 17.8 Å². The monoisotopic (exact) mass is 253 g/mol. The number of fused-ring (bicyclic) bond motifs is 1. The van der Waals surface area contributed by atoms with Crippen LogP contribution in [-0.2, 0) is 0 Å². The lowest BCUT2D eigenvalue weighted by molar-refractivity contribution is 1.06. The topological polar surface area (TPSA) is 46.3 Å². The first-order valence-corrected chi connectivity index (χ1v) is 6.08. The van der Waals surface area contributed by atoms with Crippen molar-refractivity contribution in [1.29, 1.82) is 0 Å². The van der Waals surface area contributed by atoms with Gasteiger partial charge in [-0.25, -0.2) is 15.0 Å². The van der Waals surface area contributed by atoms with Crippen molar-refractivity contribution in [2.45, 2.75) is 6.92 Å². The van der Waals surface area contributed by atoms with Crippen LogP contribution in [0.1, 0.15) is 5.56 Å². The Bertz CT molecular complexity index is 697. The van der Waals surface area contributed by atoms with Crippen LogP contribution >= 0.6 is 0 Å². The van der Waals surface area contributed by atoms with E-state index < -0.39 is 0 Å². The van der Waals surface area contributed by atoms with Gasteiger partial charge in [0, 0.05) is 38.2 Å². The molecule has 5 nitrogen and oxygen atoms in total. The summed E-state index contributed by atoms with van der Waals surface area (Å²) in [7, 11) is 3.97. The van der Waals surface area contributed by atoms with Crippen LogP contribution in [0.25, 0.3) is 16.9 Å². The molecule has 19 heavy (non-hydrogen) atoms. The first kappa shape index (κ1) is 11.6. The second-order valence-electron chi connectivity index (χ2n) is 4.72. The summed E-state index contributed by atoms with van der Waals surface area (Å²) in [6.45, 7) is 2.08. The molecule has 0 saturated carbocycles. The van der Waals surface area contributed by atoms with E-state index in [4.69, 9.17) is 0 Å². The zero-order valence-corrected chi connectivity index (χ0v) is 11.2. The summed E-state index contributed by atoms with van der Waals surface area (Å²) in [5.41, 5.74) is 4.02. The molecule has 0 radical (unpaired) electrons. The highest BCUT2D eigenvalue weighted by Gasteiger charge is 2.09. The third-order valence-corrected chi connectivity index (χ3v) is 3.09. The molecule has 3 aromatic rings. The van der Waals surface area contributed by atoms with Gasteiger partial charge >= 0.3 is 0 Å². The SMILES string of the molecule is Cc1cc(N(C)C)ncc1-c1cn2cnccc2n1. The molecule has 3 rings (SSSR count). The van der Waals surface area contributed by atoms with Gasteiger partial charge in [0.25, 0.3) is 0 Å². The highest BCUT2D eigenvalue weighted by Crippen LogP contribution is 2.24. The van der Waals surface area contributed by atoms with Gasteiger partial charge in [-0.15, -0.1) is 0 Å². The van der Waals surface area contributed by atoms with Crippen molar-refractivity contribution in [3.63, 3.8) is 0 Å². The summed E-state index contributed by atoms with van der Waals surface area (Å²) in [4.78, 5) is 15.1. The number of rotatable bonds is 2. The van der Waals surface area contributed by atoms with E-state index in [2.05, 4.69) is 27.9 Å². The number of aromatic nitrogens is 4. The van der Waals surface area contributed by atoms with Crippen molar-refractivity contribution in [1.82, 2.24) is 19.4 Å². The van der Waals surface area contributed by atoms with Crippen molar-refractivity contribution in [2.75, 3.05) is 19.0 Å². The molecule has 5 heteroatoms. The number of hydrogen-bond donors (Lipinski definition) is 0. The molecule has 0 aliphatic heterocycles. The maximum Gasteiger partial charge on any atom is 0.140 e. The van der Waals surface area contributed by atoms with Crippen LogP contribution in [0.2, 0.25) is 0 Å².